The molecule has 134 valence electrons. The molecule has 0 saturated carbocycles. The van der Waals surface area contributed by atoms with E-state index in [-0.39, 0.29) is 22.9 Å². The Morgan fingerprint density at radius 1 is 1.00 bits per heavy atom. The molecule has 6 heteroatoms. The Morgan fingerprint density at radius 2 is 1.56 bits per heavy atom. The average molecular weight is 360 g/mol. The zero-order valence-electron chi connectivity index (χ0n) is 15.0. The zero-order chi connectivity index (χ0) is 18.7. The van der Waals surface area contributed by atoms with Crippen molar-refractivity contribution in [2.75, 3.05) is 7.05 Å². The van der Waals surface area contributed by atoms with E-state index in [1.165, 1.54) is 4.31 Å². The second-order valence-electron chi connectivity index (χ2n) is 6.98. The van der Waals surface area contributed by atoms with Crippen LogP contribution in [0.4, 0.5) is 0 Å². The molecule has 0 aliphatic carbocycles. The third kappa shape index (κ3) is 5.14. The van der Waals surface area contributed by atoms with Gasteiger partial charge in [0.1, 0.15) is 0 Å². The first-order valence-electron chi connectivity index (χ1n) is 8.02. The summed E-state index contributed by atoms with van der Waals surface area (Å²) in [7, 11) is -1.99. The van der Waals surface area contributed by atoms with Gasteiger partial charge >= 0.3 is 0 Å². The Kier molecular flexibility index (Phi) is 5.65. The molecule has 1 N–H and O–H groups in total. The number of sulfonamides is 1. The fourth-order valence-electron chi connectivity index (χ4n) is 2.29. The zero-order valence-corrected chi connectivity index (χ0v) is 15.8. The standard InChI is InChI=1S/C19H24N2O3S/c1-19(2,3)20-18(22)16-12-10-15(11-13-16)14-21(4)25(23,24)17-8-6-5-7-9-17/h5-13H,14H2,1-4H3,(H,20,22). The van der Waals surface area contributed by atoms with Crippen molar-refractivity contribution in [3.63, 3.8) is 0 Å². The summed E-state index contributed by atoms with van der Waals surface area (Å²) in [6.45, 7) is 5.99. The van der Waals surface area contributed by atoms with Gasteiger partial charge in [0, 0.05) is 24.7 Å². The van der Waals surface area contributed by atoms with Crippen LogP contribution in [0.25, 0.3) is 0 Å². The topological polar surface area (TPSA) is 66.5 Å². The van der Waals surface area contributed by atoms with E-state index in [1.54, 1.807) is 61.6 Å². The van der Waals surface area contributed by atoms with Crippen LogP contribution in [-0.4, -0.2) is 31.2 Å². The van der Waals surface area contributed by atoms with Crippen LogP contribution < -0.4 is 5.32 Å². The highest BCUT2D eigenvalue weighted by molar-refractivity contribution is 7.89. The van der Waals surface area contributed by atoms with Gasteiger partial charge < -0.3 is 5.32 Å². The number of hydrogen-bond donors (Lipinski definition) is 1. The molecule has 2 aromatic rings. The van der Waals surface area contributed by atoms with Crippen molar-refractivity contribution in [3.8, 4) is 0 Å². The highest BCUT2D eigenvalue weighted by Gasteiger charge is 2.20. The van der Waals surface area contributed by atoms with Crippen LogP contribution in [0.2, 0.25) is 0 Å². The van der Waals surface area contributed by atoms with Gasteiger partial charge in [0.25, 0.3) is 5.91 Å². The van der Waals surface area contributed by atoms with Gasteiger partial charge in [0.15, 0.2) is 0 Å². The molecule has 2 rings (SSSR count). The van der Waals surface area contributed by atoms with Crippen LogP contribution in [-0.2, 0) is 16.6 Å². The van der Waals surface area contributed by atoms with Crippen LogP contribution in [0, 0.1) is 0 Å². The predicted molar refractivity (Wildman–Crippen MR) is 98.8 cm³/mol. The molecule has 0 radical (unpaired) electrons. The van der Waals surface area contributed by atoms with Crippen molar-refractivity contribution >= 4 is 15.9 Å². The minimum Gasteiger partial charge on any atom is -0.347 e. The van der Waals surface area contributed by atoms with E-state index in [0.717, 1.165) is 5.56 Å². The molecular formula is C19H24N2O3S. The summed E-state index contributed by atoms with van der Waals surface area (Å²) in [5, 5.41) is 2.90. The van der Waals surface area contributed by atoms with Crippen molar-refractivity contribution in [2.24, 2.45) is 0 Å². The van der Waals surface area contributed by atoms with Gasteiger partial charge in [0.2, 0.25) is 10.0 Å². The first-order chi connectivity index (χ1) is 11.6. The Hall–Kier alpha value is -2.18. The molecule has 0 aromatic heterocycles. The van der Waals surface area contributed by atoms with Crippen LogP contribution in [0.15, 0.2) is 59.5 Å². The smallest absolute Gasteiger partial charge is 0.251 e. The maximum absolute atomic E-state index is 12.5. The van der Waals surface area contributed by atoms with Gasteiger partial charge in [-0.15, -0.1) is 0 Å². The molecule has 0 spiro atoms. The molecule has 0 bridgehead atoms. The van der Waals surface area contributed by atoms with Gasteiger partial charge in [0.05, 0.1) is 4.90 Å². The summed E-state index contributed by atoms with van der Waals surface area (Å²) in [5.74, 6) is -0.149. The first-order valence-corrected chi connectivity index (χ1v) is 9.46. The van der Waals surface area contributed by atoms with Crippen LogP contribution in [0.3, 0.4) is 0 Å². The third-order valence-corrected chi connectivity index (χ3v) is 5.38. The van der Waals surface area contributed by atoms with Crippen LogP contribution >= 0.6 is 0 Å². The summed E-state index contributed by atoms with van der Waals surface area (Å²) in [4.78, 5) is 12.4. The van der Waals surface area contributed by atoms with Crippen LogP contribution in [0.5, 0.6) is 0 Å². The molecule has 0 saturated heterocycles. The fraction of sp³-hybridized carbons (Fsp3) is 0.316. The van der Waals surface area contributed by atoms with Crippen LogP contribution in [0.1, 0.15) is 36.7 Å². The molecule has 0 heterocycles. The maximum atomic E-state index is 12.5. The number of nitrogens with one attached hydrogen (secondary N) is 1. The fourth-order valence-corrected chi connectivity index (χ4v) is 3.47. The Labute approximate surface area is 149 Å². The summed E-state index contributed by atoms with van der Waals surface area (Å²) >= 11 is 0. The first kappa shape index (κ1) is 19.1. The number of carbonyl (C=O) groups is 1. The second-order valence-corrected chi connectivity index (χ2v) is 9.02. The second kappa shape index (κ2) is 7.37. The number of nitrogens with zero attached hydrogens (tertiary/aromatic N) is 1. The lowest BCUT2D eigenvalue weighted by Crippen LogP contribution is -2.40. The summed E-state index contributed by atoms with van der Waals surface area (Å²) < 4.78 is 26.4. The minimum absolute atomic E-state index is 0.149. The molecule has 0 unspecified atom stereocenters. The number of rotatable bonds is 5. The van der Waals surface area contributed by atoms with E-state index in [4.69, 9.17) is 0 Å². The molecule has 5 nitrogen and oxygen atoms in total. The number of amides is 1. The van der Waals surface area contributed by atoms with Gasteiger partial charge in [-0.2, -0.15) is 4.31 Å². The molecule has 25 heavy (non-hydrogen) atoms. The quantitative estimate of drug-likeness (QED) is 0.891. The lowest BCUT2D eigenvalue weighted by atomic mass is 10.1. The average Bonchev–Trinajstić information content (AvgIpc) is 2.54. The Morgan fingerprint density at radius 3 is 2.08 bits per heavy atom. The lowest BCUT2D eigenvalue weighted by molar-refractivity contribution is 0.0919. The Balaban J connectivity index is 2.10. The normalized spacial score (nSPS) is 12.2. The van der Waals surface area contributed by atoms with Gasteiger partial charge in [-0.05, 0) is 50.6 Å². The van der Waals surface area contributed by atoms with Crippen molar-refractivity contribution in [2.45, 2.75) is 37.8 Å². The molecule has 0 aliphatic rings. The van der Waals surface area contributed by atoms with E-state index in [0.29, 0.717) is 5.56 Å². The number of benzene rings is 2. The van der Waals surface area contributed by atoms with Gasteiger partial charge in [-0.1, -0.05) is 30.3 Å². The number of carbonyl (C=O) groups excluding carboxylic acids is 1. The molecular weight excluding hydrogens is 336 g/mol. The summed E-state index contributed by atoms with van der Waals surface area (Å²) in [6.07, 6.45) is 0. The molecule has 0 aliphatic heterocycles. The highest BCUT2D eigenvalue weighted by Crippen LogP contribution is 2.17. The molecule has 1 amide bonds. The lowest BCUT2D eigenvalue weighted by Gasteiger charge is -2.21. The van der Waals surface area contributed by atoms with Gasteiger partial charge in [-0.3, -0.25) is 4.79 Å². The summed E-state index contributed by atoms with van der Waals surface area (Å²) in [6, 6.07) is 15.3. The minimum atomic E-state index is -3.53. The summed E-state index contributed by atoms with van der Waals surface area (Å²) in [5.41, 5.74) is 1.06. The van der Waals surface area contributed by atoms with Crippen molar-refractivity contribution < 1.29 is 13.2 Å². The van der Waals surface area contributed by atoms with E-state index >= 15 is 0 Å². The SMILES string of the molecule is CN(Cc1ccc(C(=O)NC(C)(C)C)cc1)S(=O)(=O)c1ccccc1. The molecule has 2 aromatic carbocycles. The van der Waals surface area contributed by atoms with Crippen molar-refractivity contribution in [3.05, 3.63) is 65.7 Å². The van der Waals surface area contributed by atoms with E-state index < -0.39 is 10.0 Å². The van der Waals surface area contributed by atoms with Crippen molar-refractivity contribution in [1.82, 2.24) is 9.62 Å². The van der Waals surface area contributed by atoms with Gasteiger partial charge in [-0.25, -0.2) is 8.42 Å². The largest absolute Gasteiger partial charge is 0.347 e. The third-order valence-electron chi connectivity index (χ3n) is 3.56. The maximum Gasteiger partial charge on any atom is 0.251 e. The number of hydrogen-bond acceptors (Lipinski definition) is 3. The molecule has 0 atom stereocenters. The highest BCUT2D eigenvalue weighted by atomic mass is 32.2. The monoisotopic (exact) mass is 360 g/mol. The molecule has 0 fully saturated rings. The Bertz CT molecular complexity index is 823. The van der Waals surface area contributed by atoms with E-state index in [1.807, 2.05) is 20.8 Å². The van der Waals surface area contributed by atoms with E-state index in [9.17, 15) is 13.2 Å². The van der Waals surface area contributed by atoms with E-state index in [2.05, 4.69) is 5.32 Å². The van der Waals surface area contributed by atoms with Crippen molar-refractivity contribution in [1.29, 1.82) is 0 Å². The predicted octanol–water partition coefficient (Wildman–Crippen LogP) is 3.04.